The molecule has 0 aromatic carbocycles. The van der Waals surface area contributed by atoms with Gasteiger partial charge in [0.05, 0.1) is 6.61 Å². The molecule has 0 saturated carbocycles. The summed E-state index contributed by atoms with van der Waals surface area (Å²) < 4.78 is 5.57. The molecule has 3 fully saturated rings. The fourth-order valence-corrected chi connectivity index (χ4v) is 4.37. The van der Waals surface area contributed by atoms with Crippen molar-refractivity contribution in [3.05, 3.63) is 24.4 Å². The lowest BCUT2D eigenvalue weighted by atomic mass is 9.79. The first-order chi connectivity index (χ1) is 10.3. The van der Waals surface area contributed by atoms with Gasteiger partial charge in [0.25, 0.3) is 0 Å². The second-order valence-electron chi connectivity index (χ2n) is 6.95. The molecule has 0 amide bonds. The van der Waals surface area contributed by atoms with Crippen LogP contribution in [0.25, 0.3) is 0 Å². The van der Waals surface area contributed by atoms with Crippen molar-refractivity contribution in [3.63, 3.8) is 0 Å². The predicted molar refractivity (Wildman–Crippen MR) is 83.5 cm³/mol. The Bertz CT molecular complexity index is 474. The molecule has 4 heteroatoms. The van der Waals surface area contributed by atoms with E-state index in [0.717, 1.165) is 25.6 Å². The summed E-state index contributed by atoms with van der Waals surface area (Å²) in [5, 5.41) is 0. The number of hydrogen-bond acceptors (Lipinski definition) is 4. The Kier molecular flexibility index (Phi) is 3.59. The van der Waals surface area contributed by atoms with Crippen LogP contribution in [-0.2, 0) is 4.74 Å². The third-order valence-electron chi connectivity index (χ3n) is 5.52. The van der Waals surface area contributed by atoms with Crippen LogP contribution >= 0.6 is 0 Å². The van der Waals surface area contributed by atoms with E-state index >= 15 is 0 Å². The number of anilines is 1. The maximum absolute atomic E-state index is 5.57. The Labute approximate surface area is 127 Å². The van der Waals surface area contributed by atoms with Crippen LogP contribution in [0, 0.1) is 5.41 Å². The van der Waals surface area contributed by atoms with Gasteiger partial charge in [0.1, 0.15) is 5.82 Å². The van der Waals surface area contributed by atoms with Crippen molar-refractivity contribution < 1.29 is 4.74 Å². The van der Waals surface area contributed by atoms with Gasteiger partial charge in [-0.2, -0.15) is 0 Å². The van der Waals surface area contributed by atoms with Gasteiger partial charge < -0.3 is 9.64 Å². The first-order valence-corrected chi connectivity index (χ1v) is 8.33. The topological polar surface area (TPSA) is 28.6 Å². The molecule has 4 rings (SSSR count). The SMILES string of the molecule is c1ccc(N2CCC[C@@]3(CCN([C@H]4CCOC4)C3)C2)nc1. The maximum Gasteiger partial charge on any atom is 0.128 e. The van der Waals surface area contributed by atoms with E-state index in [0.29, 0.717) is 11.5 Å². The number of nitrogens with zero attached hydrogens (tertiary/aromatic N) is 3. The van der Waals surface area contributed by atoms with Crippen molar-refractivity contribution in [2.24, 2.45) is 5.41 Å². The molecule has 0 N–H and O–H groups in total. The summed E-state index contributed by atoms with van der Waals surface area (Å²) in [6, 6.07) is 6.92. The third-order valence-corrected chi connectivity index (χ3v) is 5.52. The molecule has 3 aliphatic rings. The number of aromatic nitrogens is 1. The lowest BCUT2D eigenvalue weighted by Gasteiger charge is -2.41. The molecular formula is C17H25N3O. The van der Waals surface area contributed by atoms with E-state index in [1.165, 1.54) is 45.3 Å². The maximum atomic E-state index is 5.57. The van der Waals surface area contributed by atoms with Gasteiger partial charge in [0.2, 0.25) is 0 Å². The first-order valence-electron chi connectivity index (χ1n) is 8.33. The van der Waals surface area contributed by atoms with Crippen molar-refractivity contribution in [1.29, 1.82) is 0 Å². The van der Waals surface area contributed by atoms with E-state index in [9.17, 15) is 0 Å². The van der Waals surface area contributed by atoms with Crippen LogP contribution in [0.2, 0.25) is 0 Å². The fraction of sp³-hybridized carbons (Fsp3) is 0.706. The molecule has 4 nitrogen and oxygen atoms in total. The van der Waals surface area contributed by atoms with E-state index in [4.69, 9.17) is 4.74 Å². The van der Waals surface area contributed by atoms with Gasteiger partial charge in [-0.15, -0.1) is 0 Å². The van der Waals surface area contributed by atoms with Crippen LogP contribution < -0.4 is 4.90 Å². The average Bonchev–Trinajstić information content (AvgIpc) is 3.19. The van der Waals surface area contributed by atoms with Crippen LogP contribution in [0.4, 0.5) is 5.82 Å². The lowest BCUT2D eigenvalue weighted by Crippen LogP contribution is -2.46. The van der Waals surface area contributed by atoms with Crippen molar-refractivity contribution in [2.45, 2.75) is 31.7 Å². The zero-order valence-electron chi connectivity index (χ0n) is 12.7. The minimum absolute atomic E-state index is 0.484. The van der Waals surface area contributed by atoms with Gasteiger partial charge >= 0.3 is 0 Å². The van der Waals surface area contributed by atoms with Gasteiger partial charge in [-0.1, -0.05) is 6.07 Å². The molecule has 0 aliphatic carbocycles. The van der Waals surface area contributed by atoms with Crippen LogP contribution in [0.1, 0.15) is 25.7 Å². The zero-order chi connectivity index (χ0) is 14.1. The molecule has 21 heavy (non-hydrogen) atoms. The third kappa shape index (κ3) is 2.67. The molecule has 3 saturated heterocycles. The fourth-order valence-electron chi connectivity index (χ4n) is 4.37. The van der Waals surface area contributed by atoms with E-state index in [1.807, 2.05) is 12.3 Å². The second-order valence-corrected chi connectivity index (χ2v) is 6.95. The Morgan fingerprint density at radius 3 is 3.00 bits per heavy atom. The van der Waals surface area contributed by atoms with Crippen molar-refractivity contribution >= 4 is 5.82 Å². The predicted octanol–water partition coefficient (Wildman–Crippen LogP) is 2.16. The van der Waals surface area contributed by atoms with Crippen LogP contribution in [0.3, 0.4) is 0 Å². The van der Waals surface area contributed by atoms with E-state index in [2.05, 4.69) is 26.9 Å². The van der Waals surface area contributed by atoms with Gasteiger partial charge in [0, 0.05) is 43.9 Å². The molecule has 1 aromatic heterocycles. The molecule has 3 aliphatic heterocycles. The number of piperidine rings is 1. The van der Waals surface area contributed by atoms with Crippen molar-refractivity contribution in [1.82, 2.24) is 9.88 Å². The minimum Gasteiger partial charge on any atom is -0.380 e. The van der Waals surface area contributed by atoms with E-state index in [-0.39, 0.29) is 0 Å². The van der Waals surface area contributed by atoms with Crippen molar-refractivity contribution in [2.75, 3.05) is 44.3 Å². The van der Waals surface area contributed by atoms with Gasteiger partial charge in [-0.3, -0.25) is 4.90 Å². The summed E-state index contributed by atoms with van der Waals surface area (Å²) in [5.41, 5.74) is 0.484. The summed E-state index contributed by atoms with van der Waals surface area (Å²) in [6.07, 6.45) is 7.15. The van der Waals surface area contributed by atoms with Crippen molar-refractivity contribution in [3.8, 4) is 0 Å². The Morgan fingerprint density at radius 1 is 1.19 bits per heavy atom. The first kappa shape index (κ1) is 13.5. The number of pyridine rings is 1. The molecule has 1 spiro atoms. The number of ether oxygens (including phenoxy) is 1. The lowest BCUT2D eigenvalue weighted by molar-refractivity contribution is 0.144. The molecule has 0 unspecified atom stereocenters. The van der Waals surface area contributed by atoms with Gasteiger partial charge in [0.15, 0.2) is 0 Å². The van der Waals surface area contributed by atoms with Crippen LogP contribution in [0.5, 0.6) is 0 Å². The largest absolute Gasteiger partial charge is 0.380 e. The van der Waals surface area contributed by atoms with E-state index < -0.39 is 0 Å². The summed E-state index contributed by atoms with van der Waals surface area (Å²) in [5.74, 6) is 1.15. The molecule has 114 valence electrons. The number of rotatable bonds is 2. The minimum atomic E-state index is 0.484. The number of likely N-dealkylation sites (tertiary alicyclic amines) is 1. The normalized spacial score (nSPS) is 33.9. The van der Waals surface area contributed by atoms with Crippen LogP contribution in [-0.4, -0.2) is 55.3 Å². The number of hydrogen-bond donors (Lipinski definition) is 0. The summed E-state index contributed by atoms with van der Waals surface area (Å²) >= 11 is 0. The highest BCUT2D eigenvalue weighted by atomic mass is 16.5. The average molecular weight is 287 g/mol. The standard InChI is InChI=1S/C17H25N3O/c1-2-8-18-16(4-1)20-9-3-6-17(14-20)7-10-19(13-17)15-5-11-21-12-15/h1-2,4,8,15H,3,5-7,9-14H2/t15-,17-/m0/s1. The Morgan fingerprint density at radius 2 is 2.19 bits per heavy atom. The summed E-state index contributed by atoms with van der Waals surface area (Å²) in [4.78, 5) is 9.73. The highest BCUT2D eigenvalue weighted by molar-refractivity contribution is 5.39. The smallest absolute Gasteiger partial charge is 0.128 e. The molecule has 0 bridgehead atoms. The zero-order valence-corrected chi connectivity index (χ0v) is 12.7. The highest BCUT2D eigenvalue weighted by Crippen LogP contribution is 2.41. The summed E-state index contributed by atoms with van der Waals surface area (Å²) in [7, 11) is 0. The molecular weight excluding hydrogens is 262 g/mol. The Hall–Kier alpha value is -1.13. The molecule has 0 radical (unpaired) electrons. The van der Waals surface area contributed by atoms with Gasteiger partial charge in [-0.05, 0) is 44.4 Å². The van der Waals surface area contributed by atoms with E-state index in [1.54, 1.807) is 0 Å². The summed E-state index contributed by atoms with van der Waals surface area (Å²) in [6.45, 7) is 6.74. The molecule has 2 atom stereocenters. The van der Waals surface area contributed by atoms with Gasteiger partial charge in [-0.25, -0.2) is 4.98 Å². The highest BCUT2D eigenvalue weighted by Gasteiger charge is 2.43. The molecule has 1 aromatic rings. The quantitative estimate of drug-likeness (QED) is 0.833. The monoisotopic (exact) mass is 287 g/mol. The van der Waals surface area contributed by atoms with Crippen LogP contribution in [0.15, 0.2) is 24.4 Å². The molecule has 4 heterocycles. The second kappa shape index (κ2) is 5.58. The Balaban J connectivity index is 1.45.